The second-order valence-corrected chi connectivity index (χ2v) is 6.68. The third kappa shape index (κ3) is 3.80. The Bertz CT molecular complexity index is 1030. The number of halogens is 1. The van der Waals surface area contributed by atoms with Crippen molar-refractivity contribution >= 4 is 38.8 Å². The van der Waals surface area contributed by atoms with Gasteiger partial charge in [-0.1, -0.05) is 36.4 Å². The molecule has 6 heteroatoms. The number of aryl methyl sites for hydroxylation is 1. The highest BCUT2D eigenvalue weighted by Gasteiger charge is 2.13. The lowest BCUT2D eigenvalue weighted by molar-refractivity contribution is 0.0956. The minimum absolute atomic E-state index is 0.253. The van der Waals surface area contributed by atoms with Crippen molar-refractivity contribution in [1.29, 1.82) is 0 Å². The van der Waals surface area contributed by atoms with Gasteiger partial charge in [-0.3, -0.25) is 4.79 Å². The zero-order valence-electron chi connectivity index (χ0n) is 15.2. The predicted octanol–water partition coefficient (Wildman–Crippen LogP) is 4.69. The van der Waals surface area contributed by atoms with E-state index in [1.807, 2.05) is 49.4 Å². The van der Waals surface area contributed by atoms with Crippen LogP contribution in [0.5, 0.6) is 11.5 Å². The Morgan fingerprint density at radius 3 is 2.59 bits per heavy atom. The Morgan fingerprint density at radius 1 is 1.07 bits per heavy atom. The molecule has 27 heavy (non-hydrogen) atoms. The molecule has 0 fully saturated rings. The molecule has 0 heterocycles. The standard InChI is InChI=1S/C21H19BrN2O3/c1-13-8-9-14-6-4-5-7-16(14)18(13)21(25)24-23-12-15-10-11-17(26-2)20(27-3)19(15)22/h4-12H,1-3H3,(H,24,25)/b23-12-. The summed E-state index contributed by atoms with van der Waals surface area (Å²) >= 11 is 3.48. The van der Waals surface area contributed by atoms with Gasteiger partial charge in [-0.25, -0.2) is 5.43 Å². The third-order valence-electron chi connectivity index (χ3n) is 4.25. The van der Waals surface area contributed by atoms with Crippen LogP contribution in [0.2, 0.25) is 0 Å². The number of carbonyl (C=O) groups is 1. The number of ether oxygens (including phenoxy) is 2. The highest BCUT2D eigenvalue weighted by molar-refractivity contribution is 9.10. The van der Waals surface area contributed by atoms with E-state index in [0.717, 1.165) is 21.9 Å². The smallest absolute Gasteiger partial charge is 0.272 e. The fraction of sp³-hybridized carbons (Fsp3) is 0.143. The Balaban J connectivity index is 1.86. The van der Waals surface area contributed by atoms with Crippen LogP contribution in [0, 0.1) is 6.92 Å². The van der Waals surface area contributed by atoms with Crippen LogP contribution in [0.25, 0.3) is 10.8 Å². The number of benzene rings is 3. The van der Waals surface area contributed by atoms with Gasteiger partial charge in [0.1, 0.15) is 0 Å². The normalized spacial score (nSPS) is 11.0. The van der Waals surface area contributed by atoms with E-state index in [0.29, 0.717) is 21.5 Å². The van der Waals surface area contributed by atoms with Crippen molar-refractivity contribution in [2.45, 2.75) is 6.92 Å². The molecule has 0 saturated carbocycles. The summed E-state index contributed by atoms with van der Waals surface area (Å²) in [6.45, 7) is 1.91. The molecular formula is C21H19BrN2O3. The summed E-state index contributed by atoms with van der Waals surface area (Å²) < 4.78 is 11.3. The van der Waals surface area contributed by atoms with Crippen molar-refractivity contribution in [2.75, 3.05) is 14.2 Å². The minimum atomic E-state index is -0.253. The number of methoxy groups -OCH3 is 2. The van der Waals surface area contributed by atoms with Crippen LogP contribution in [-0.4, -0.2) is 26.3 Å². The monoisotopic (exact) mass is 426 g/mol. The van der Waals surface area contributed by atoms with Gasteiger partial charge in [-0.2, -0.15) is 5.10 Å². The van der Waals surface area contributed by atoms with Crippen LogP contribution >= 0.6 is 15.9 Å². The number of nitrogens with zero attached hydrogens (tertiary/aromatic N) is 1. The van der Waals surface area contributed by atoms with Gasteiger partial charge in [0.05, 0.1) is 30.5 Å². The van der Waals surface area contributed by atoms with E-state index < -0.39 is 0 Å². The average Bonchev–Trinajstić information content (AvgIpc) is 2.68. The lowest BCUT2D eigenvalue weighted by Gasteiger charge is -2.11. The second kappa shape index (κ2) is 8.22. The summed E-state index contributed by atoms with van der Waals surface area (Å²) in [6, 6.07) is 15.3. The molecule has 3 aromatic rings. The Hall–Kier alpha value is -2.86. The molecule has 0 aliphatic rings. The number of amides is 1. The van der Waals surface area contributed by atoms with E-state index >= 15 is 0 Å². The van der Waals surface area contributed by atoms with Gasteiger partial charge in [-0.15, -0.1) is 0 Å². The van der Waals surface area contributed by atoms with Crippen molar-refractivity contribution < 1.29 is 14.3 Å². The van der Waals surface area contributed by atoms with Crippen LogP contribution in [-0.2, 0) is 0 Å². The molecule has 3 aromatic carbocycles. The van der Waals surface area contributed by atoms with Crippen molar-refractivity contribution in [2.24, 2.45) is 5.10 Å². The van der Waals surface area contributed by atoms with Crippen LogP contribution in [0.3, 0.4) is 0 Å². The zero-order valence-corrected chi connectivity index (χ0v) is 16.8. The molecule has 0 aromatic heterocycles. The first-order valence-corrected chi connectivity index (χ1v) is 9.08. The molecular weight excluding hydrogens is 408 g/mol. The molecule has 0 bridgehead atoms. The first-order valence-electron chi connectivity index (χ1n) is 8.29. The maximum absolute atomic E-state index is 12.7. The maximum Gasteiger partial charge on any atom is 0.272 e. The van der Waals surface area contributed by atoms with E-state index in [4.69, 9.17) is 9.47 Å². The molecule has 0 saturated heterocycles. The molecule has 0 radical (unpaired) electrons. The molecule has 0 unspecified atom stereocenters. The first kappa shape index (κ1) is 18.9. The number of hydrogen-bond acceptors (Lipinski definition) is 4. The van der Waals surface area contributed by atoms with Crippen molar-refractivity contribution in [1.82, 2.24) is 5.43 Å². The van der Waals surface area contributed by atoms with Gasteiger partial charge in [-0.05, 0) is 51.3 Å². The summed E-state index contributed by atoms with van der Waals surface area (Å²) in [5.41, 5.74) is 4.88. The van der Waals surface area contributed by atoms with E-state index in [2.05, 4.69) is 26.5 Å². The summed E-state index contributed by atoms with van der Waals surface area (Å²) in [6.07, 6.45) is 1.56. The van der Waals surface area contributed by atoms with Crippen molar-refractivity contribution in [3.05, 3.63) is 69.7 Å². The lowest BCUT2D eigenvalue weighted by atomic mass is 9.99. The van der Waals surface area contributed by atoms with E-state index in [1.165, 1.54) is 0 Å². The average molecular weight is 427 g/mol. The number of hydrazone groups is 1. The van der Waals surface area contributed by atoms with Crippen molar-refractivity contribution in [3.63, 3.8) is 0 Å². The lowest BCUT2D eigenvalue weighted by Crippen LogP contribution is -2.19. The largest absolute Gasteiger partial charge is 0.493 e. The van der Waals surface area contributed by atoms with Gasteiger partial charge < -0.3 is 9.47 Å². The van der Waals surface area contributed by atoms with Crippen molar-refractivity contribution in [3.8, 4) is 11.5 Å². The maximum atomic E-state index is 12.7. The Kier molecular flexibility index (Phi) is 5.76. The fourth-order valence-electron chi connectivity index (χ4n) is 2.90. The SMILES string of the molecule is COc1ccc(/C=N\NC(=O)c2c(C)ccc3ccccc23)c(Br)c1OC. The summed E-state index contributed by atoms with van der Waals surface area (Å²) in [5, 5.41) is 6.02. The van der Waals surface area contributed by atoms with Gasteiger partial charge in [0, 0.05) is 5.56 Å². The molecule has 3 rings (SSSR count). The number of carbonyl (C=O) groups excluding carboxylic acids is 1. The Labute approximate surface area is 166 Å². The van der Waals surface area contributed by atoms with Crippen LogP contribution in [0.15, 0.2) is 58.1 Å². The van der Waals surface area contributed by atoms with Crippen LogP contribution in [0.1, 0.15) is 21.5 Å². The molecule has 0 spiro atoms. The number of nitrogens with one attached hydrogen (secondary N) is 1. The van der Waals surface area contributed by atoms with Crippen LogP contribution < -0.4 is 14.9 Å². The number of hydrogen-bond donors (Lipinski definition) is 1. The van der Waals surface area contributed by atoms with E-state index in [-0.39, 0.29) is 5.91 Å². The van der Waals surface area contributed by atoms with Gasteiger partial charge >= 0.3 is 0 Å². The summed E-state index contributed by atoms with van der Waals surface area (Å²) in [7, 11) is 3.14. The molecule has 0 aliphatic carbocycles. The minimum Gasteiger partial charge on any atom is -0.493 e. The molecule has 1 amide bonds. The van der Waals surface area contributed by atoms with Gasteiger partial charge in [0.25, 0.3) is 5.91 Å². The highest BCUT2D eigenvalue weighted by Crippen LogP contribution is 2.36. The molecule has 0 aliphatic heterocycles. The van der Waals surface area contributed by atoms with Crippen LogP contribution in [0.4, 0.5) is 0 Å². The fourth-order valence-corrected chi connectivity index (χ4v) is 3.49. The second-order valence-electron chi connectivity index (χ2n) is 5.88. The van der Waals surface area contributed by atoms with E-state index in [9.17, 15) is 4.79 Å². The number of fused-ring (bicyclic) bond motifs is 1. The molecule has 138 valence electrons. The zero-order chi connectivity index (χ0) is 19.4. The van der Waals surface area contributed by atoms with Gasteiger partial charge in [0.2, 0.25) is 0 Å². The Morgan fingerprint density at radius 2 is 1.85 bits per heavy atom. The highest BCUT2D eigenvalue weighted by atomic mass is 79.9. The molecule has 1 N–H and O–H groups in total. The van der Waals surface area contributed by atoms with Gasteiger partial charge in [0.15, 0.2) is 11.5 Å². The third-order valence-corrected chi connectivity index (χ3v) is 5.07. The number of rotatable bonds is 5. The first-order chi connectivity index (χ1) is 13.1. The molecule has 5 nitrogen and oxygen atoms in total. The summed E-state index contributed by atoms with van der Waals surface area (Å²) in [4.78, 5) is 12.7. The quantitative estimate of drug-likeness (QED) is 0.475. The topological polar surface area (TPSA) is 59.9 Å². The summed E-state index contributed by atoms with van der Waals surface area (Å²) in [5.74, 6) is 0.923. The predicted molar refractivity (Wildman–Crippen MR) is 111 cm³/mol. The van der Waals surface area contributed by atoms with E-state index in [1.54, 1.807) is 26.5 Å². The molecule has 0 atom stereocenters.